The number of rotatable bonds is 9. The Morgan fingerprint density at radius 2 is 1.56 bits per heavy atom. The number of carbonyl (C=O) groups excluding carboxylic acids is 2. The van der Waals surface area contributed by atoms with Gasteiger partial charge in [-0.1, -0.05) is 59.6 Å². The number of carbonyl (C=O) groups is 2. The number of anilines is 1. The maximum absolute atomic E-state index is 13.9. The summed E-state index contributed by atoms with van der Waals surface area (Å²) in [6.07, 6.45) is 0. The molecule has 0 bridgehead atoms. The van der Waals surface area contributed by atoms with Crippen LogP contribution in [0.25, 0.3) is 0 Å². The van der Waals surface area contributed by atoms with E-state index >= 15 is 0 Å². The zero-order valence-corrected chi connectivity index (χ0v) is 24.3. The van der Waals surface area contributed by atoms with Crippen LogP contribution in [0.4, 0.5) is 10.1 Å². The second kappa shape index (κ2) is 12.4. The van der Waals surface area contributed by atoms with E-state index in [1.165, 1.54) is 59.5 Å². The van der Waals surface area contributed by atoms with Gasteiger partial charge in [0.25, 0.3) is 10.0 Å². The number of amides is 2. The lowest BCUT2D eigenvalue weighted by Gasteiger charge is -2.33. The van der Waals surface area contributed by atoms with E-state index in [0.717, 1.165) is 4.31 Å². The fourth-order valence-electron chi connectivity index (χ4n) is 3.76. The molecular formula is C28H30Cl2FN3O4S. The summed E-state index contributed by atoms with van der Waals surface area (Å²) in [5.41, 5.74) is -0.0132. The molecule has 0 aliphatic rings. The molecule has 0 aliphatic carbocycles. The molecule has 39 heavy (non-hydrogen) atoms. The van der Waals surface area contributed by atoms with Gasteiger partial charge in [0.05, 0.1) is 20.6 Å². The van der Waals surface area contributed by atoms with Crippen molar-refractivity contribution in [1.82, 2.24) is 10.2 Å². The monoisotopic (exact) mass is 593 g/mol. The number of nitrogens with one attached hydrogen (secondary N) is 1. The average molecular weight is 595 g/mol. The Balaban J connectivity index is 2.06. The molecule has 7 nitrogen and oxygen atoms in total. The quantitative estimate of drug-likeness (QED) is 0.347. The number of hydrogen-bond donors (Lipinski definition) is 1. The Bertz CT molecular complexity index is 1430. The molecule has 0 fully saturated rings. The molecular weight excluding hydrogens is 564 g/mol. The molecule has 0 spiro atoms. The third-order valence-corrected chi connectivity index (χ3v) is 8.32. The van der Waals surface area contributed by atoms with E-state index in [0.29, 0.717) is 5.56 Å². The van der Waals surface area contributed by atoms with E-state index in [9.17, 15) is 22.4 Å². The minimum Gasteiger partial charge on any atom is -0.350 e. The van der Waals surface area contributed by atoms with Gasteiger partial charge in [-0.25, -0.2) is 12.8 Å². The SMILES string of the molecule is C[C@H](C(=O)NC(C)(C)C)N(Cc1ccc(F)cc1)C(=O)CN(c1cccc(Cl)c1Cl)S(=O)(=O)c1ccccc1. The smallest absolute Gasteiger partial charge is 0.264 e. The highest BCUT2D eigenvalue weighted by Gasteiger charge is 2.34. The van der Waals surface area contributed by atoms with E-state index in [2.05, 4.69) is 5.32 Å². The van der Waals surface area contributed by atoms with Crippen LogP contribution in [0.2, 0.25) is 10.0 Å². The van der Waals surface area contributed by atoms with Crippen molar-refractivity contribution in [1.29, 1.82) is 0 Å². The van der Waals surface area contributed by atoms with Gasteiger partial charge in [0.2, 0.25) is 11.8 Å². The van der Waals surface area contributed by atoms with Crippen LogP contribution < -0.4 is 9.62 Å². The highest BCUT2D eigenvalue weighted by atomic mass is 35.5. The van der Waals surface area contributed by atoms with E-state index in [1.807, 2.05) is 0 Å². The molecule has 0 saturated heterocycles. The topological polar surface area (TPSA) is 86.8 Å². The zero-order valence-electron chi connectivity index (χ0n) is 22.0. The highest BCUT2D eigenvalue weighted by molar-refractivity contribution is 7.92. The Morgan fingerprint density at radius 1 is 0.949 bits per heavy atom. The van der Waals surface area contributed by atoms with Gasteiger partial charge < -0.3 is 10.2 Å². The van der Waals surface area contributed by atoms with Gasteiger partial charge in [-0.05, 0) is 69.7 Å². The Morgan fingerprint density at radius 3 is 2.15 bits per heavy atom. The van der Waals surface area contributed by atoms with Crippen molar-refractivity contribution >= 4 is 50.7 Å². The van der Waals surface area contributed by atoms with Gasteiger partial charge in [0.1, 0.15) is 18.4 Å². The third-order valence-electron chi connectivity index (χ3n) is 5.74. The largest absolute Gasteiger partial charge is 0.350 e. The summed E-state index contributed by atoms with van der Waals surface area (Å²) in [5, 5.41) is 2.90. The van der Waals surface area contributed by atoms with Crippen LogP contribution in [0.5, 0.6) is 0 Å². The minimum absolute atomic E-state index is 0.00916. The Kier molecular flexibility index (Phi) is 9.64. The summed E-state index contributed by atoms with van der Waals surface area (Å²) >= 11 is 12.6. The summed E-state index contributed by atoms with van der Waals surface area (Å²) in [6.45, 7) is 6.22. The maximum atomic E-state index is 13.9. The lowest BCUT2D eigenvalue weighted by Crippen LogP contribution is -2.54. The Labute approximate surface area is 238 Å². The van der Waals surface area contributed by atoms with Crippen LogP contribution in [0.15, 0.2) is 77.7 Å². The Hall–Kier alpha value is -3.14. The predicted octanol–water partition coefficient (Wildman–Crippen LogP) is 5.66. The number of sulfonamides is 1. The van der Waals surface area contributed by atoms with Crippen molar-refractivity contribution in [2.75, 3.05) is 10.8 Å². The van der Waals surface area contributed by atoms with Crippen molar-refractivity contribution < 1.29 is 22.4 Å². The molecule has 11 heteroatoms. The van der Waals surface area contributed by atoms with Gasteiger partial charge >= 0.3 is 0 Å². The summed E-state index contributed by atoms with van der Waals surface area (Å²) < 4.78 is 42.0. The van der Waals surface area contributed by atoms with E-state index in [1.54, 1.807) is 45.9 Å². The van der Waals surface area contributed by atoms with Crippen LogP contribution in [0, 0.1) is 5.82 Å². The molecule has 0 aromatic heterocycles. The predicted molar refractivity (Wildman–Crippen MR) is 152 cm³/mol. The van der Waals surface area contributed by atoms with Crippen LogP contribution in [-0.4, -0.2) is 43.3 Å². The summed E-state index contributed by atoms with van der Waals surface area (Å²) in [6, 6.07) is 16.6. The minimum atomic E-state index is -4.28. The van der Waals surface area contributed by atoms with Gasteiger partial charge in [-0.15, -0.1) is 0 Å². The lowest BCUT2D eigenvalue weighted by atomic mass is 10.1. The molecule has 2 amide bonds. The molecule has 3 aromatic rings. The fourth-order valence-corrected chi connectivity index (χ4v) is 5.66. The first-order valence-corrected chi connectivity index (χ1v) is 14.3. The second-order valence-electron chi connectivity index (χ2n) is 9.96. The second-order valence-corrected chi connectivity index (χ2v) is 12.6. The molecule has 0 saturated carbocycles. The van der Waals surface area contributed by atoms with Gasteiger partial charge in [0, 0.05) is 12.1 Å². The molecule has 0 radical (unpaired) electrons. The van der Waals surface area contributed by atoms with Crippen molar-refractivity contribution in [2.45, 2.75) is 50.7 Å². The van der Waals surface area contributed by atoms with E-state index in [4.69, 9.17) is 23.2 Å². The molecule has 0 heterocycles. The molecule has 208 valence electrons. The molecule has 0 unspecified atom stereocenters. The summed E-state index contributed by atoms with van der Waals surface area (Å²) in [7, 11) is -4.28. The van der Waals surface area contributed by atoms with Crippen LogP contribution in [0.3, 0.4) is 0 Å². The van der Waals surface area contributed by atoms with Crippen LogP contribution >= 0.6 is 23.2 Å². The number of hydrogen-bond acceptors (Lipinski definition) is 4. The van der Waals surface area contributed by atoms with Gasteiger partial charge in [-0.2, -0.15) is 0 Å². The first-order valence-electron chi connectivity index (χ1n) is 12.1. The van der Waals surface area contributed by atoms with E-state index < -0.39 is 45.8 Å². The van der Waals surface area contributed by atoms with Gasteiger partial charge in [0.15, 0.2) is 0 Å². The molecule has 1 N–H and O–H groups in total. The van der Waals surface area contributed by atoms with E-state index in [-0.39, 0.29) is 27.2 Å². The van der Waals surface area contributed by atoms with Gasteiger partial charge in [-0.3, -0.25) is 13.9 Å². The first-order chi connectivity index (χ1) is 18.2. The standard InChI is InChI=1S/C28H30Cl2FN3O4S/c1-19(27(36)32-28(2,3)4)33(17-20-13-15-21(31)16-14-20)25(35)18-34(24-12-8-11-23(29)26(24)30)39(37,38)22-9-6-5-7-10-22/h5-16,19H,17-18H2,1-4H3,(H,32,36)/t19-/m1/s1. The third kappa shape index (κ3) is 7.71. The number of halogens is 3. The lowest BCUT2D eigenvalue weighted by molar-refractivity contribution is -0.140. The molecule has 0 aliphatic heterocycles. The van der Waals surface area contributed by atoms with Crippen LogP contribution in [-0.2, 0) is 26.2 Å². The maximum Gasteiger partial charge on any atom is 0.264 e. The number of benzene rings is 3. The van der Waals surface area contributed by atoms with Crippen molar-refractivity contribution in [3.8, 4) is 0 Å². The van der Waals surface area contributed by atoms with Crippen molar-refractivity contribution in [3.05, 3.63) is 94.2 Å². The molecule has 1 atom stereocenters. The summed E-state index contributed by atoms with van der Waals surface area (Å²) in [5.74, 6) is -1.56. The highest BCUT2D eigenvalue weighted by Crippen LogP contribution is 2.35. The summed E-state index contributed by atoms with van der Waals surface area (Å²) in [4.78, 5) is 28.2. The molecule has 3 aromatic carbocycles. The van der Waals surface area contributed by atoms with Crippen LogP contribution in [0.1, 0.15) is 33.3 Å². The van der Waals surface area contributed by atoms with Crippen molar-refractivity contribution in [2.24, 2.45) is 0 Å². The van der Waals surface area contributed by atoms with Crippen molar-refractivity contribution in [3.63, 3.8) is 0 Å². The normalized spacial score (nSPS) is 12.5. The first kappa shape index (κ1) is 30.4. The fraction of sp³-hybridized carbons (Fsp3) is 0.286. The molecule has 3 rings (SSSR count). The average Bonchev–Trinajstić information content (AvgIpc) is 2.87. The number of nitrogens with zero attached hydrogens (tertiary/aromatic N) is 2. The zero-order chi connectivity index (χ0) is 29.0.